The summed E-state index contributed by atoms with van der Waals surface area (Å²) in [7, 11) is 3.18. The minimum atomic E-state index is -0.766. The molecular formula is C27H22ClN3O5. The highest BCUT2D eigenvalue weighted by molar-refractivity contribution is 6.53. The smallest absolute Gasteiger partial charge is 0.299 e. The van der Waals surface area contributed by atoms with Crippen molar-refractivity contribution in [2.75, 3.05) is 25.7 Å². The molecule has 9 heteroatoms. The number of Topliss-reactive ketones (excluding diaryl/α,β-unsaturated/α-hetero) is 1. The van der Waals surface area contributed by atoms with E-state index in [1.807, 2.05) is 48.5 Å². The van der Waals surface area contributed by atoms with Crippen LogP contribution in [0.15, 0.2) is 71.8 Å². The van der Waals surface area contributed by atoms with Crippen LogP contribution in [0.1, 0.15) is 33.9 Å². The van der Waals surface area contributed by atoms with E-state index in [0.29, 0.717) is 34.3 Å². The van der Waals surface area contributed by atoms with Gasteiger partial charge >= 0.3 is 0 Å². The number of hydrogen-bond acceptors (Lipinski definition) is 6. The molecule has 1 atom stereocenters. The third kappa shape index (κ3) is 4.20. The van der Waals surface area contributed by atoms with Crippen LogP contribution in [-0.4, -0.2) is 49.1 Å². The van der Waals surface area contributed by atoms with Crippen molar-refractivity contribution in [2.24, 2.45) is 5.10 Å². The molecule has 0 fully saturated rings. The Balaban J connectivity index is 1.48. The molecule has 2 aliphatic heterocycles. The van der Waals surface area contributed by atoms with E-state index in [-0.39, 0.29) is 12.1 Å². The third-order valence-electron chi connectivity index (χ3n) is 6.30. The van der Waals surface area contributed by atoms with Crippen LogP contribution in [0.2, 0.25) is 5.02 Å². The quantitative estimate of drug-likeness (QED) is 0.469. The monoisotopic (exact) mass is 503 g/mol. The number of benzene rings is 3. The van der Waals surface area contributed by atoms with Crippen LogP contribution in [-0.2, 0) is 9.59 Å². The zero-order valence-electron chi connectivity index (χ0n) is 19.6. The molecule has 36 heavy (non-hydrogen) atoms. The van der Waals surface area contributed by atoms with Gasteiger partial charge in [0.05, 0.1) is 37.2 Å². The number of rotatable bonds is 6. The number of ether oxygens (including phenoxy) is 2. The molecule has 3 aromatic carbocycles. The fourth-order valence-corrected chi connectivity index (χ4v) is 4.61. The lowest BCUT2D eigenvalue weighted by molar-refractivity contribution is -0.132. The molecule has 0 radical (unpaired) electrons. The van der Waals surface area contributed by atoms with E-state index in [9.17, 15) is 14.4 Å². The Hall–Kier alpha value is -4.17. The van der Waals surface area contributed by atoms with Crippen LogP contribution in [0.25, 0.3) is 0 Å². The first-order chi connectivity index (χ1) is 17.4. The largest absolute Gasteiger partial charge is 0.497 e. The standard InChI is InChI=1S/C27H22ClN3O5/c1-35-19-9-6-16(7-10-19)24-14-22(17-4-3-5-20(12-17)36-2)29-31(24)25(32)15-30-23-11-8-18(28)13-21(23)26(33)27(30)34/h3-13,24H,14-15H2,1-2H3. The normalized spacial score (nSPS) is 16.8. The number of methoxy groups -OCH3 is 2. The summed E-state index contributed by atoms with van der Waals surface area (Å²) in [6, 6.07) is 19.1. The molecule has 0 spiro atoms. The van der Waals surface area contributed by atoms with Crippen molar-refractivity contribution in [1.29, 1.82) is 0 Å². The predicted molar refractivity (Wildman–Crippen MR) is 135 cm³/mol. The predicted octanol–water partition coefficient (Wildman–Crippen LogP) is 4.26. The molecule has 0 aliphatic carbocycles. The lowest BCUT2D eigenvalue weighted by atomic mass is 9.98. The Morgan fingerprint density at radius 1 is 1.00 bits per heavy atom. The van der Waals surface area contributed by atoms with Crippen molar-refractivity contribution in [1.82, 2.24) is 5.01 Å². The number of hydrazone groups is 1. The maximum atomic E-state index is 13.6. The molecule has 2 aliphatic rings. The number of anilines is 1. The van der Waals surface area contributed by atoms with Crippen molar-refractivity contribution in [3.8, 4) is 11.5 Å². The molecule has 2 heterocycles. The van der Waals surface area contributed by atoms with E-state index in [1.54, 1.807) is 26.4 Å². The van der Waals surface area contributed by atoms with Gasteiger partial charge in [0.25, 0.3) is 17.6 Å². The Kier molecular flexibility index (Phi) is 6.20. The van der Waals surface area contributed by atoms with Crippen molar-refractivity contribution in [3.05, 3.63) is 88.4 Å². The molecule has 0 bridgehead atoms. The van der Waals surface area contributed by atoms with E-state index in [1.165, 1.54) is 16.0 Å². The Labute approximate surface area is 212 Å². The molecule has 0 N–H and O–H groups in total. The second-order valence-corrected chi connectivity index (χ2v) is 8.83. The molecule has 1 unspecified atom stereocenters. The second kappa shape index (κ2) is 9.47. The third-order valence-corrected chi connectivity index (χ3v) is 6.53. The Morgan fingerprint density at radius 2 is 1.75 bits per heavy atom. The highest BCUT2D eigenvalue weighted by Gasteiger charge is 2.40. The number of ketones is 1. The average Bonchev–Trinajstić information content (AvgIpc) is 3.45. The van der Waals surface area contributed by atoms with Gasteiger partial charge in [0.2, 0.25) is 0 Å². The van der Waals surface area contributed by atoms with E-state index in [2.05, 4.69) is 5.10 Å². The minimum absolute atomic E-state index is 0.189. The van der Waals surface area contributed by atoms with Gasteiger partial charge in [-0.2, -0.15) is 5.10 Å². The Morgan fingerprint density at radius 3 is 2.47 bits per heavy atom. The zero-order chi connectivity index (χ0) is 25.4. The van der Waals surface area contributed by atoms with Gasteiger partial charge in [-0.05, 0) is 48.0 Å². The number of halogens is 1. The lowest BCUT2D eigenvalue weighted by Gasteiger charge is -2.25. The van der Waals surface area contributed by atoms with E-state index >= 15 is 0 Å². The number of amides is 2. The summed E-state index contributed by atoms with van der Waals surface area (Å²) in [6.45, 7) is -0.333. The van der Waals surface area contributed by atoms with Crippen LogP contribution in [0.3, 0.4) is 0 Å². The number of carbonyl (C=O) groups is 3. The molecule has 0 saturated carbocycles. The molecule has 2 amide bonds. The number of hydrogen-bond donors (Lipinski definition) is 0. The topological polar surface area (TPSA) is 88.5 Å². The summed E-state index contributed by atoms with van der Waals surface area (Å²) in [4.78, 5) is 39.9. The summed E-state index contributed by atoms with van der Waals surface area (Å²) >= 11 is 6.01. The summed E-state index contributed by atoms with van der Waals surface area (Å²) < 4.78 is 10.6. The van der Waals surface area contributed by atoms with Gasteiger partial charge in [-0.25, -0.2) is 5.01 Å². The first-order valence-corrected chi connectivity index (χ1v) is 11.6. The molecule has 0 saturated heterocycles. The zero-order valence-corrected chi connectivity index (χ0v) is 20.4. The molecule has 5 rings (SSSR count). The summed E-state index contributed by atoms with van der Waals surface area (Å²) in [5.74, 6) is -0.498. The van der Waals surface area contributed by atoms with Gasteiger partial charge in [-0.1, -0.05) is 35.9 Å². The summed E-state index contributed by atoms with van der Waals surface area (Å²) in [6.07, 6.45) is 0.463. The van der Waals surface area contributed by atoms with Crippen molar-refractivity contribution >= 4 is 40.6 Å². The van der Waals surface area contributed by atoms with Crippen LogP contribution in [0.4, 0.5) is 5.69 Å². The molecule has 0 aromatic heterocycles. The van der Waals surface area contributed by atoms with E-state index < -0.39 is 23.6 Å². The second-order valence-electron chi connectivity index (χ2n) is 8.39. The van der Waals surface area contributed by atoms with Crippen molar-refractivity contribution in [2.45, 2.75) is 12.5 Å². The summed E-state index contributed by atoms with van der Waals surface area (Å²) in [5, 5.41) is 6.39. The molecule has 182 valence electrons. The fourth-order valence-electron chi connectivity index (χ4n) is 4.44. The first-order valence-electron chi connectivity index (χ1n) is 11.2. The first kappa shape index (κ1) is 23.6. The minimum Gasteiger partial charge on any atom is -0.497 e. The van der Waals surface area contributed by atoms with Crippen molar-refractivity contribution < 1.29 is 23.9 Å². The highest BCUT2D eigenvalue weighted by Crippen LogP contribution is 2.36. The Bertz CT molecular complexity index is 1400. The van der Waals surface area contributed by atoms with E-state index in [0.717, 1.165) is 11.1 Å². The van der Waals surface area contributed by atoms with Crippen molar-refractivity contribution in [3.63, 3.8) is 0 Å². The van der Waals surface area contributed by atoms with Crippen LogP contribution < -0.4 is 14.4 Å². The SMILES string of the molecule is COc1ccc(C2CC(c3cccc(OC)c3)=NN2C(=O)CN2C(=O)C(=O)c3cc(Cl)ccc32)cc1. The van der Waals surface area contributed by atoms with Gasteiger partial charge in [0.15, 0.2) is 0 Å². The molecular weight excluding hydrogens is 482 g/mol. The van der Waals surface area contributed by atoms with Gasteiger partial charge in [-0.15, -0.1) is 0 Å². The van der Waals surface area contributed by atoms with Gasteiger partial charge < -0.3 is 9.47 Å². The fraction of sp³-hybridized carbons (Fsp3) is 0.185. The molecule has 3 aromatic rings. The highest BCUT2D eigenvalue weighted by atomic mass is 35.5. The van der Waals surface area contributed by atoms with Crippen LogP contribution in [0, 0.1) is 0 Å². The van der Waals surface area contributed by atoms with Gasteiger partial charge in [0.1, 0.15) is 18.0 Å². The number of fused-ring (bicyclic) bond motifs is 1. The average molecular weight is 504 g/mol. The maximum absolute atomic E-state index is 13.6. The van der Waals surface area contributed by atoms with Gasteiger partial charge in [-0.3, -0.25) is 19.3 Å². The van der Waals surface area contributed by atoms with Gasteiger partial charge in [0, 0.05) is 17.0 Å². The van der Waals surface area contributed by atoms with Crippen LogP contribution in [0.5, 0.6) is 11.5 Å². The number of nitrogens with zero attached hydrogens (tertiary/aromatic N) is 3. The lowest BCUT2D eigenvalue weighted by Crippen LogP contribution is -2.40. The summed E-state index contributed by atoms with van der Waals surface area (Å²) in [5.41, 5.74) is 2.95. The maximum Gasteiger partial charge on any atom is 0.299 e. The molecule has 8 nitrogen and oxygen atoms in total. The van der Waals surface area contributed by atoms with Crippen LogP contribution >= 0.6 is 11.6 Å². The van der Waals surface area contributed by atoms with E-state index in [4.69, 9.17) is 21.1 Å². The number of carbonyl (C=O) groups excluding carboxylic acids is 3.